The highest BCUT2D eigenvalue weighted by Crippen LogP contribution is 2.17. The lowest BCUT2D eigenvalue weighted by Crippen LogP contribution is -2.12. The quantitative estimate of drug-likeness (QED) is 0.790. The zero-order chi connectivity index (χ0) is 12.3. The number of hydrogen-bond acceptors (Lipinski definition) is 4. The molecule has 0 bridgehead atoms. The molecule has 0 amide bonds. The number of nitrogens with two attached hydrogens (primary N) is 1. The molecule has 5 heteroatoms. The Morgan fingerprint density at radius 3 is 2.69 bits per heavy atom. The number of imidazole rings is 1. The number of carbonyl (C=O) groups excluding carboxylic acids is 1. The topological polar surface area (TPSA) is 70.1 Å². The number of anilines is 1. The Labute approximate surface area is 95.6 Å². The van der Waals surface area contributed by atoms with Crippen molar-refractivity contribution in [3.8, 4) is 0 Å². The first kappa shape index (κ1) is 12.5. The van der Waals surface area contributed by atoms with Crippen LogP contribution in [0.5, 0.6) is 0 Å². The van der Waals surface area contributed by atoms with Gasteiger partial charge >= 0.3 is 5.97 Å². The molecule has 1 aromatic rings. The van der Waals surface area contributed by atoms with Crippen molar-refractivity contribution in [2.24, 2.45) is 5.92 Å². The molecule has 0 spiro atoms. The zero-order valence-electron chi connectivity index (χ0n) is 10.3. The summed E-state index contributed by atoms with van der Waals surface area (Å²) in [5.41, 5.74) is 6.11. The molecule has 0 aliphatic rings. The van der Waals surface area contributed by atoms with Gasteiger partial charge in [0.1, 0.15) is 11.6 Å². The fourth-order valence-electron chi connectivity index (χ4n) is 1.53. The van der Waals surface area contributed by atoms with E-state index in [0.29, 0.717) is 18.3 Å². The number of nitrogens with zero attached hydrogens (tertiary/aromatic N) is 2. The molecule has 16 heavy (non-hydrogen) atoms. The van der Waals surface area contributed by atoms with Crippen molar-refractivity contribution in [3.63, 3.8) is 0 Å². The first-order chi connectivity index (χ1) is 7.47. The summed E-state index contributed by atoms with van der Waals surface area (Å²) in [6.07, 6.45) is 0. The Hall–Kier alpha value is -1.52. The highest BCUT2D eigenvalue weighted by Gasteiger charge is 2.19. The van der Waals surface area contributed by atoms with E-state index in [4.69, 9.17) is 10.5 Å². The van der Waals surface area contributed by atoms with E-state index < -0.39 is 5.97 Å². The molecule has 0 saturated carbocycles. The van der Waals surface area contributed by atoms with Crippen molar-refractivity contribution in [2.45, 2.75) is 34.2 Å². The number of aromatic nitrogens is 2. The monoisotopic (exact) mass is 225 g/mol. The van der Waals surface area contributed by atoms with E-state index >= 15 is 0 Å². The smallest absolute Gasteiger partial charge is 0.360 e. The molecule has 0 radical (unpaired) electrons. The second-order valence-corrected chi connectivity index (χ2v) is 4.12. The Balaban J connectivity index is 3.01. The van der Waals surface area contributed by atoms with Crippen molar-refractivity contribution in [1.29, 1.82) is 0 Å². The van der Waals surface area contributed by atoms with Gasteiger partial charge in [-0.2, -0.15) is 0 Å². The minimum atomic E-state index is -0.453. The number of ether oxygens (including phenoxy) is 1. The minimum Gasteiger partial charge on any atom is -0.461 e. The molecule has 0 atom stereocenters. The van der Waals surface area contributed by atoms with Crippen LogP contribution in [-0.2, 0) is 11.3 Å². The highest BCUT2D eigenvalue weighted by molar-refractivity contribution is 5.92. The van der Waals surface area contributed by atoms with Crippen molar-refractivity contribution < 1.29 is 9.53 Å². The van der Waals surface area contributed by atoms with Gasteiger partial charge in [-0.3, -0.25) is 0 Å². The largest absolute Gasteiger partial charge is 0.461 e. The first-order valence-electron chi connectivity index (χ1n) is 5.47. The molecule has 5 nitrogen and oxygen atoms in total. The predicted octanol–water partition coefficient (Wildman–Crippen LogP) is 1.61. The van der Waals surface area contributed by atoms with Gasteiger partial charge in [0.15, 0.2) is 5.69 Å². The molecule has 1 heterocycles. The van der Waals surface area contributed by atoms with Gasteiger partial charge in [-0.1, -0.05) is 13.8 Å². The van der Waals surface area contributed by atoms with E-state index in [-0.39, 0.29) is 5.69 Å². The van der Waals surface area contributed by atoms with Gasteiger partial charge in [-0.25, -0.2) is 9.78 Å². The molecule has 1 aromatic heterocycles. The molecule has 90 valence electrons. The maximum atomic E-state index is 11.5. The molecule has 0 unspecified atom stereocenters. The van der Waals surface area contributed by atoms with Crippen LogP contribution in [-0.4, -0.2) is 22.1 Å². The van der Waals surface area contributed by atoms with Gasteiger partial charge in [0.2, 0.25) is 0 Å². The lowest BCUT2D eigenvalue weighted by atomic mass is 10.2. The normalized spacial score (nSPS) is 10.8. The SMILES string of the molecule is CCOC(=O)c1nc(C)n(CC(C)C)c1N. The Morgan fingerprint density at radius 1 is 1.56 bits per heavy atom. The van der Waals surface area contributed by atoms with Crippen molar-refractivity contribution in [2.75, 3.05) is 12.3 Å². The van der Waals surface area contributed by atoms with Crippen LogP contribution in [0.1, 0.15) is 37.1 Å². The van der Waals surface area contributed by atoms with Crippen LogP contribution < -0.4 is 5.73 Å². The molecule has 0 aromatic carbocycles. The average Bonchev–Trinajstić information content (AvgIpc) is 2.45. The van der Waals surface area contributed by atoms with E-state index in [2.05, 4.69) is 18.8 Å². The summed E-state index contributed by atoms with van der Waals surface area (Å²) in [4.78, 5) is 15.7. The first-order valence-corrected chi connectivity index (χ1v) is 5.47. The van der Waals surface area contributed by atoms with Crippen molar-refractivity contribution in [1.82, 2.24) is 9.55 Å². The zero-order valence-corrected chi connectivity index (χ0v) is 10.3. The van der Waals surface area contributed by atoms with E-state index in [1.54, 1.807) is 6.92 Å². The van der Waals surface area contributed by atoms with Crippen molar-refractivity contribution in [3.05, 3.63) is 11.5 Å². The van der Waals surface area contributed by atoms with Gasteiger partial charge in [0.05, 0.1) is 6.61 Å². The van der Waals surface area contributed by atoms with E-state index in [1.165, 1.54) is 0 Å². The third-order valence-corrected chi connectivity index (χ3v) is 2.21. The van der Waals surface area contributed by atoms with Crippen LogP contribution in [0, 0.1) is 12.8 Å². The second-order valence-electron chi connectivity index (χ2n) is 4.12. The standard InChI is InChI=1S/C11H19N3O2/c1-5-16-11(15)9-10(12)14(6-7(2)3)8(4)13-9/h7H,5-6,12H2,1-4H3. The molecular formula is C11H19N3O2. The molecule has 1 rings (SSSR count). The van der Waals surface area contributed by atoms with Crippen LogP contribution in [0.15, 0.2) is 0 Å². The Bertz CT molecular complexity index is 383. The van der Waals surface area contributed by atoms with Gasteiger partial charge < -0.3 is 15.0 Å². The average molecular weight is 225 g/mol. The van der Waals surface area contributed by atoms with Gasteiger partial charge in [0, 0.05) is 6.54 Å². The van der Waals surface area contributed by atoms with Gasteiger partial charge in [-0.15, -0.1) is 0 Å². The van der Waals surface area contributed by atoms with Crippen LogP contribution in [0.3, 0.4) is 0 Å². The third-order valence-electron chi connectivity index (χ3n) is 2.21. The maximum absolute atomic E-state index is 11.5. The van der Waals surface area contributed by atoms with E-state index in [1.807, 2.05) is 11.5 Å². The number of nitrogen functional groups attached to an aromatic ring is 1. The molecule has 0 aliphatic heterocycles. The summed E-state index contributed by atoms with van der Waals surface area (Å²) in [7, 11) is 0. The second kappa shape index (κ2) is 5.01. The minimum absolute atomic E-state index is 0.222. The summed E-state index contributed by atoms with van der Waals surface area (Å²) >= 11 is 0. The van der Waals surface area contributed by atoms with Gasteiger partial charge in [-0.05, 0) is 19.8 Å². The number of rotatable bonds is 4. The number of carbonyl (C=O) groups is 1. The summed E-state index contributed by atoms with van der Waals surface area (Å²) < 4.78 is 6.73. The van der Waals surface area contributed by atoms with Crippen molar-refractivity contribution >= 4 is 11.8 Å². The maximum Gasteiger partial charge on any atom is 0.360 e. The molecule has 0 aliphatic carbocycles. The van der Waals surface area contributed by atoms with Crippen LogP contribution in [0.25, 0.3) is 0 Å². The molecule has 0 saturated heterocycles. The number of hydrogen-bond donors (Lipinski definition) is 1. The van der Waals surface area contributed by atoms with Crippen LogP contribution in [0.4, 0.5) is 5.82 Å². The highest BCUT2D eigenvalue weighted by atomic mass is 16.5. The number of aryl methyl sites for hydroxylation is 1. The lowest BCUT2D eigenvalue weighted by molar-refractivity contribution is 0.0521. The van der Waals surface area contributed by atoms with E-state index in [9.17, 15) is 4.79 Å². The molecule has 0 fully saturated rings. The summed E-state index contributed by atoms with van der Waals surface area (Å²) in [6, 6.07) is 0. The predicted molar refractivity (Wildman–Crippen MR) is 62.2 cm³/mol. The van der Waals surface area contributed by atoms with Crippen LogP contribution >= 0.6 is 0 Å². The lowest BCUT2D eigenvalue weighted by Gasteiger charge is -2.09. The van der Waals surface area contributed by atoms with Gasteiger partial charge in [0.25, 0.3) is 0 Å². The number of esters is 1. The Morgan fingerprint density at radius 2 is 2.19 bits per heavy atom. The molecular weight excluding hydrogens is 206 g/mol. The Kier molecular flexibility index (Phi) is 3.93. The van der Waals surface area contributed by atoms with E-state index in [0.717, 1.165) is 12.4 Å². The third kappa shape index (κ3) is 2.53. The summed E-state index contributed by atoms with van der Waals surface area (Å²) in [5, 5.41) is 0. The summed E-state index contributed by atoms with van der Waals surface area (Å²) in [6.45, 7) is 8.85. The molecule has 2 N–H and O–H groups in total. The summed E-state index contributed by atoms with van der Waals surface area (Å²) in [5.74, 6) is 1.13. The fraction of sp³-hybridized carbons (Fsp3) is 0.636. The fourth-order valence-corrected chi connectivity index (χ4v) is 1.53. The van der Waals surface area contributed by atoms with Crippen LogP contribution in [0.2, 0.25) is 0 Å².